The monoisotopic (exact) mass is 443 g/mol. The van der Waals surface area contributed by atoms with E-state index in [9.17, 15) is 9.90 Å². The van der Waals surface area contributed by atoms with Crippen LogP contribution in [0.2, 0.25) is 5.02 Å². The van der Waals surface area contributed by atoms with Crippen LogP contribution in [0.4, 0.5) is 11.5 Å². The van der Waals surface area contributed by atoms with E-state index in [2.05, 4.69) is 20.4 Å². The lowest BCUT2D eigenvalue weighted by Gasteiger charge is -2.10. The first kappa shape index (κ1) is 20.1. The van der Waals surface area contributed by atoms with Crippen LogP contribution < -0.4 is 5.32 Å². The number of fused-ring (bicyclic) bond motifs is 1. The molecule has 2 heterocycles. The van der Waals surface area contributed by atoms with Crippen molar-refractivity contribution in [2.75, 3.05) is 5.32 Å². The van der Waals surface area contributed by atoms with E-state index in [0.29, 0.717) is 34.2 Å². The Bertz CT molecular complexity index is 1330. The van der Waals surface area contributed by atoms with Crippen LogP contribution in [0, 0.1) is 0 Å². The molecule has 2 N–H and O–H groups in total. The smallest absolute Gasteiger partial charge is 0.255 e. The van der Waals surface area contributed by atoms with Gasteiger partial charge < -0.3 is 10.4 Å². The zero-order chi connectivity index (χ0) is 22.1. The lowest BCUT2D eigenvalue weighted by molar-refractivity contribution is 0.102. The molecule has 0 unspecified atom stereocenters. The Labute approximate surface area is 189 Å². The second kappa shape index (κ2) is 8.37. The Morgan fingerprint density at radius 2 is 1.94 bits per heavy atom. The molecule has 8 heteroatoms. The summed E-state index contributed by atoms with van der Waals surface area (Å²) in [6, 6.07) is 18.2. The van der Waals surface area contributed by atoms with Gasteiger partial charge in [0.2, 0.25) is 0 Å². The molecule has 1 amide bonds. The van der Waals surface area contributed by atoms with Gasteiger partial charge in [-0.2, -0.15) is 5.10 Å². The molecule has 2 aromatic carbocycles. The molecule has 5 rings (SSSR count). The summed E-state index contributed by atoms with van der Waals surface area (Å²) >= 11 is 5.92. The van der Waals surface area contributed by atoms with Gasteiger partial charge in [0.05, 0.1) is 28.3 Å². The highest BCUT2D eigenvalue weighted by atomic mass is 35.5. The number of nitrogens with one attached hydrogen (secondary N) is 1. The Kier molecular flexibility index (Phi) is 5.26. The van der Waals surface area contributed by atoms with Crippen LogP contribution >= 0.6 is 11.6 Å². The fourth-order valence-corrected chi connectivity index (χ4v) is 3.80. The van der Waals surface area contributed by atoms with Gasteiger partial charge in [0, 0.05) is 29.9 Å². The SMILES string of the molecule is O=C(Nc1cccnc1/N=C1/c2ccccc2C[C@H]1O)c1ccc(-n2cc(Cl)cn2)cc1. The fraction of sp³-hybridized carbons (Fsp3) is 0.0833. The number of pyridine rings is 1. The predicted molar refractivity (Wildman–Crippen MR) is 123 cm³/mol. The number of benzene rings is 2. The number of carbonyl (C=O) groups is 1. The van der Waals surface area contributed by atoms with Crippen LogP contribution in [0.15, 0.2) is 84.2 Å². The minimum Gasteiger partial charge on any atom is -0.386 e. The van der Waals surface area contributed by atoms with Crippen molar-refractivity contribution in [3.63, 3.8) is 0 Å². The Hall–Kier alpha value is -3.81. The van der Waals surface area contributed by atoms with Gasteiger partial charge >= 0.3 is 0 Å². The highest BCUT2D eigenvalue weighted by molar-refractivity contribution is 6.30. The van der Waals surface area contributed by atoms with Gasteiger partial charge in [-0.05, 0) is 42.0 Å². The minimum atomic E-state index is -0.707. The van der Waals surface area contributed by atoms with Crippen molar-refractivity contribution in [1.29, 1.82) is 0 Å². The summed E-state index contributed by atoms with van der Waals surface area (Å²) < 4.78 is 1.63. The summed E-state index contributed by atoms with van der Waals surface area (Å²) in [5, 5.41) is 18.0. The number of nitrogens with zero attached hydrogens (tertiary/aromatic N) is 4. The van der Waals surface area contributed by atoms with Gasteiger partial charge in [-0.25, -0.2) is 14.7 Å². The van der Waals surface area contributed by atoms with Crippen molar-refractivity contribution in [3.8, 4) is 5.69 Å². The first-order valence-corrected chi connectivity index (χ1v) is 10.4. The lowest BCUT2D eigenvalue weighted by Crippen LogP contribution is -2.16. The number of anilines is 1. The van der Waals surface area contributed by atoms with E-state index in [1.807, 2.05) is 24.3 Å². The van der Waals surface area contributed by atoms with Gasteiger partial charge in [-0.3, -0.25) is 4.79 Å². The van der Waals surface area contributed by atoms with Crippen molar-refractivity contribution < 1.29 is 9.90 Å². The van der Waals surface area contributed by atoms with E-state index in [1.165, 1.54) is 0 Å². The number of carbonyl (C=O) groups excluding carboxylic acids is 1. The van der Waals surface area contributed by atoms with Crippen LogP contribution in [-0.4, -0.2) is 37.6 Å². The largest absolute Gasteiger partial charge is 0.386 e. The van der Waals surface area contributed by atoms with Crippen molar-refractivity contribution >= 4 is 34.7 Å². The summed E-state index contributed by atoms with van der Waals surface area (Å²) in [4.78, 5) is 21.8. The molecule has 32 heavy (non-hydrogen) atoms. The quantitative estimate of drug-likeness (QED) is 0.494. The number of hydrogen-bond donors (Lipinski definition) is 2. The molecule has 1 aliphatic rings. The Morgan fingerprint density at radius 1 is 1.12 bits per heavy atom. The third-order valence-corrected chi connectivity index (χ3v) is 5.42. The molecule has 7 nitrogen and oxygen atoms in total. The third kappa shape index (κ3) is 3.91. The number of aliphatic hydroxyl groups is 1. The van der Waals surface area contributed by atoms with E-state index in [1.54, 1.807) is 59.7 Å². The molecule has 2 aromatic heterocycles. The van der Waals surface area contributed by atoms with Gasteiger partial charge in [-0.15, -0.1) is 0 Å². The van der Waals surface area contributed by atoms with Crippen LogP contribution in [0.25, 0.3) is 5.69 Å². The maximum Gasteiger partial charge on any atom is 0.255 e. The Balaban J connectivity index is 1.40. The number of aromatic nitrogens is 3. The zero-order valence-corrected chi connectivity index (χ0v) is 17.6. The van der Waals surface area contributed by atoms with Crippen LogP contribution in [0.1, 0.15) is 21.5 Å². The molecule has 0 spiro atoms. The van der Waals surface area contributed by atoms with E-state index in [-0.39, 0.29) is 5.91 Å². The molecule has 0 saturated carbocycles. The normalized spacial score (nSPS) is 16.2. The third-order valence-electron chi connectivity index (χ3n) is 5.23. The highest BCUT2D eigenvalue weighted by Gasteiger charge is 2.26. The summed E-state index contributed by atoms with van der Waals surface area (Å²) in [7, 11) is 0. The molecule has 1 atom stereocenters. The van der Waals surface area contributed by atoms with E-state index >= 15 is 0 Å². The summed E-state index contributed by atoms with van der Waals surface area (Å²) in [5.41, 5.74) is 4.22. The van der Waals surface area contributed by atoms with Crippen molar-refractivity contribution in [2.45, 2.75) is 12.5 Å². The minimum absolute atomic E-state index is 0.295. The molecule has 4 aromatic rings. The molecule has 0 bridgehead atoms. The summed E-state index contributed by atoms with van der Waals surface area (Å²) in [5.74, 6) is 0.0475. The van der Waals surface area contributed by atoms with Gasteiger partial charge in [0.15, 0.2) is 5.82 Å². The number of amides is 1. The maximum atomic E-state index is 12.8. The number of aliphatic hydroxyl groups excluding tert-OH is 1. The first-order valence-electron chi connectivity index (χ1n) is 10.0. The molecule has 0 saturated heterocycles. The maximum absolute atomic E-state index is 12.8. The molecule has 1 aliphatic carbocycles. The second-order valence-electron chi connectivity index (χ2n) is 7.35. The number of hydrogen-bond acceptors (Lipinski definition) is 5. The average molecular weight is 444 g/mol. The molecular weight excluding hydrogens is 426 g/mol. The summed E-state index contributed by atoms with van der Waals surface area (Å²) in [6.45, 7) is 0. The van der Waals surface area contributed by atoms with Gasteiger partial charge in [0.1, 0.15) is 6.10 Å². The van der Waals surface area contributed by atoms with Gasteiger partial charge in [0.25, 0.3) is 5.91 Å². The van der Waals surface area contributed by atoms with Crippen LogP contribution in [-0.2, 0) is 6.42 Å². The number of rotatable bonds is 4. The van der Waals surface area contributed by atoms with E-state index < -0.39 is 6.10 Å². The van der Waals surface area contributed by atoms with Crippen molar-refractivity contribution in [3.05, 3.63) is 101 Å². The second-order valence-corrected chi connectivity index (χ2v) is 7.79. The standard InChI is InChI=1S/C24H18ClN5O2/c25-17-13-27-30(14-17)18-9-7-15(8-10-18)24(32)28-20-6-3-11-26-23(20)29-22-19-5-2-1-4-16(19)12-21(22)31/h1-11,13-14,21,31H,12H2,(H,28,32)/b29-22-/t21-/m1/s1. The molecular formula is C24H18ClN5O2. The molecule has 0 fully saturated rings. The first-order chi connectivity index (χ1) is 15.6. The molecule has 158 valence electrons. The zero-order valence-electron chi connectivity index (χ0n) is 16.8. The topological polar surface area (TPSA) is 92.4 Å². The van der Waals surface area contributed by atoms with E-state index in [4.69, 9.17) is 11.6 Å². The molecule has 0 aliphatic heterocycles. The number of halogens is 1. The highest BCUT2D eigenvalue weighted by Crippen LogP contribution is 2.28. The van der Waals surface area contributed by atoms with Crippen LogP contribution in [0.5, 0.6) is 0 Å². The van der Waals surface area contributed by atoms with Gasteiger partial charge in [-0.1, -0.05) is 35.9 Å². The average Bonchev–Trinajstić information content (AvgIpc) is 3.38. The van der Waals surface area contributed by atoms with E-state index in [0.717, 1.165) is 16.8 Å². The lowest BCUT2D eigenvalue weighted by atomic mass is 10.1. The summed E-state index contributed by atoms with van der Waals surface area (Å²) in [6.07, 6.45) is 4.64. The fourth-order valence-electron chi connectivity index (χ4n) is 3.67. The van der Waals surface area contributed by atoms with Crippen LogP contribution in [0.3, 0.4) is 0 Å². The Morgan fingerprint density at radius 3 is 2.72 bits per heavy atom. The predicted octanol–water partition coefficient (Wildman–Crippen LogP) is 4.21. The molecule has 0 radical (unpaired) electrons. The van der Waals surface area contributed by atoms with Crippen molar-refractivity contribution in [1.82, 2.24) is 14.8 Å². The number of aliphatic imine (C=N–C) groups is 1. The van der Waals surface area contributed by atoms with Crippen molar-refractivity contribution in [2.24, 2.45) is 4.99 Å².